The third-order valence-corrected chi connectivity index (χ3v) is 3.50. The van der Waals surface area contributed by atoms with Crippen LogP contribution < -0.4 is 16.4 Å². The molecule has 4 heteroatoms. The number of benzene rings is 1. The zero-order chi connectivity index (χ0) is 14.4. The van der Waals surface area contributed by atoms with Crippen molar-refractivity contribution in [1.29, 1.82) is 0 Å². The number of rotatable bonds is 2. The molecule has 1 aliphatic carbocycles. The predicted molar refractivity (Wildman–Crippen MR) is 81.5 cm³/mol. The molecule has 4 N–H and O–H groups in total. The Labute approximate surface area is 120 Å². The molecule has 1 aromatic carbocycles. The second kappa shape index (κ2) is 6.97. The Morgan fingerprint density at radius 1 is 1.40 bits per heavy atom. The van der Waals surface area contributed by atoms with Gasteiger partial charge in [-0.2, -0.15) is 0 Å². The molecule has 0 radical (unpaired) electrons. The second-order valence-electron chi connectivity index (χ2n) is 5.12. The summed E-state index contributed by atoms with van der Waals surface area (Å²) in [5, 5.41) is 5.87. The first-order valence-electron chi connectivity index (χ1n) is 7.06. The fourth-order valence-electron chi connectivity index (χ4n) is 2.45. The van der Waals surface area contributed by atoms with Crippen molar-refractivity contribution >= 4 is 11.7 Å². The lowest BCUT2D eigenvalue weighted by Gasteiger charge is -2.13. The van der Waals surface area contributed by atoms with Crippen LogP contribution in [0.15, 0.2) is 18.2 Å². The molecule has 20 heavy (non-hydrogen) atoms. The molecule has 4 nitrogen and oxygen atoms in total. The first kappa shape index (κ1) is 14.4. The minimum Gasteiger partial charge on any atom is -0.335 e. The Morgan fingerprint density at radius 2 is 2.15 bits per heavy atom. The van der Waals surface area contributed by atoms with Crippen molar-refractivity contribution in [2.75, 3.05) is 11.9 Å². The van der Waals surface area contributed by atoms with Crippen LogP contribution in [-0.4, -0.2) is 18.6 Å². The average Bonchev–Trinajstić information content (AvgIpc) is 2.90. The number of aryl methyl sites for hydroxylation is 1. The second-order valence-corrected chi connectivity index (χ2v) is 5.12. The molecule has 1 aliphatic rings. The number of hydrogen-bond acceptors (Lipinski definition) is 2. The van der Waals surface area contributed by atoms with E-state index in [2.05, 4.69) is 22.5 Å². The summed E-state index contributed by atoms with van der Waals surface area (Å²) in [6.45, 7) is 2.32. The number of anilines is 1. The van der Waals surface area contributed by atoms with Gasteiger partial charge in [0.25, 0.3) is 0 Å². The molecule has 106 valence electrons. The fourth-order valence-corrected chi connectivity index (χ4v) is 2.45. The largest absolute Gasteiger partial charge is 0.335 e. The maximum Gasteiger partial charge on any atom is 0.319 e. The van der Waals surface area contributed by atoms with Crippen LogP contribution in [0.1, 0.15) is 36.8 Å². The minimum absolute atomic E-state index is 0.128. The average molecular weight is 271 g/mol. The molecule has 0 unspecified atom stereocenters. The zero-order valence-corrected chi connectivity index (χ0v) is 11.8. The van der Waals surface area contributed by atoms with Gasteiger partial charge in [0.15, 0.2) is 0 Å². The van der Waals surface area contributed by atoms with Crippen molar-refractivity contribution in [3.8, 4) is 11.8 Å². The number of urea groups is 1. The molecule has 1 saturated carbocycles. The number of carbonyl (C=O) groups is 1. The summed E-state index contributed by atoms with van der Waals surface area (Å²) < 4.78 is 0. The van der Waals surface area contributed by atoms with Crippen LogP contribution in [0, 0.1) is 18.8 Å². The lowest BCUT2D eigenvalue weighted by molar-refractivity contribution is 0.248. The van der Waals surface area contributed by atoms with Crippen molar-refractivity contribution in [2.45, 2.75) is 38.6 Å². The van der Waals surface area contributed by atoms with Crippen LogP contribution in [0.3, 0.4) is 0 Å². The van der Waals surface area contributed by atoms with Crippen LogP contribution in [0.4, 0.5) is 10.5 Å². The molecule has 0 aromatic heterocycles. The van der Waals surface area contributed by atoms with Gasteiger partial charge >= 0.3 is 6.03 Å². The van der Waals surface area contributed by atoms with Crippen molar-refractivity contribution < 1.29 is 4.79 Å². The molecule has 2 rings (SSSR count). The van der Waals surface area contributed by atoms with Gasteiger partial charge in [-0.15, -0.1) is 0 Å². The van der Waals surface area contributed by atoms with Crippen molar-refractivity contribution in [3.05, 3.63) is 29.3 Å². The maximum absolute atomic E-state index is 11.9. The van der Waals surface area contributed by atoms with E-state index in [0.29, 0.717) is 12.6 Å². The summed E-state index contributed by atoms with van der Waals surface area (Å²) in [6, 6.07) is 5.89. The molecule has 0 bridgehead atoms. The lowest BCUT2D eigenvalue weighted by atomic mass is 10.1. The Kier molecular flexibility index (Phi) is 5.03. The van der Waals surface area contributed by atoms with Crippen LogP contribution in [0.5, 0.6) is 0 Å². The van der Waals surface area contributed by atoms with Gasteiger partial charge in [0.05, 0.1) is 6.54 Å². The number of nitrogens with two attached hydrogens (primary N) is 1. The highest BCUT2D eigenvalue weighted by Gasteiger charge is 2.16. The summed E-state index contributed by atoms with van der Waals surface area (Å²) in [7, 11) is 0. The number of nitrogens with one attached hydrogen (secondary N) is 2. The summed E-state index contributed by atoms with van der Waals surface area (Å²) in [5.74, 6) is 5.84. The van der Waals surface area contributed by atoms with Gasteiger partial charge in [-0.1, -0.05) is 24.7 Å². The van der Waals surface area contributed by atoms with Crippen molar-refractivity contribution in [1.82, 2.24) is 5.32 Å². The summed E-state index contributed by atoms with van der Waals surface area (Å²) >= 11 is 0. The van der Waals surface area contributed by atoms with E-state index in [1.807, 2.05) is 25.1 Å². The van der Waals surface area contributed by atoms with Gasteiger partial charge < -0.3 is 16.4 Å². The summed E-state index contributed by atoms with van der Waals surface area (Å²) in [4.78, 5) is 11.9. The monoisotopic (exact) mass is 271 g/mol. The molecule has 1 aromatic rings. The van der Waals surface area contributed by atoms with E-state index in [4.69, 9.17) is 5.73 Å². The quantitative estimate of drug-likeness (QED) is 0.723. The van der Waals surface area contributed by atoms with Gasteiger partial charge in [0.1, 0.15) is 0 Å². The topological polar surface area (TPSA) is 67.2 Å². The van der Waals surface area contributed by atoms with E-state index in [1.165, 1.54) is 12.8 Å². The highest BCUT2D eigenvalue weighted by atomic mass is 16.2. The van der Waals surface area contributed by atoms with Crippen LogP contribution >= 0.6 is 0 Å². The molecule has 0 atom stereocenters. The summed E-state index contributed by atoms with van der Waals surface area (Å²) in [6.07, 6.45) is 4.58. The first-order valence-corrected chi connectivity index (χ1v) is 7.06. The molecule has 2 amide bonds. The minimum atomic E-state index is -0.128. The molecule has 0 aliphatic heterocycles. The van der Waals surface area contributed by atoms with Gasteiger partial charge in [-0.05, 0) is 43.5 Å². The highest BCUT2D eigenvalue weighted by molar-refractivity contribution is 5.89. The van der Waals surface area contributed by atoms with E-state index >= 15 is 0 Å². The highest BCUT2D eigenvalue weighted by Crippen LogP contribution is 2.18. The third-order valence-electron chi connectivity index (χ3n) is 3.50. The van der Waals surface area contributed by atoms with Gasteiger partial charge in [-0.25, -0.2) is 4.79 Å². The van der Waals surface area contributed by atoms with Crippen LogP contribution in [0.2, 0.25) is 0 Å². The van der Waals surface area contributed by atoms with Gasteiger partial charge in [0, 0.05) is 17.3 Å². The molecule has 0 spiro atoms. The van der Waals surface area contributed by atoms with E-state index < -0.39 is 0 Å². The fraction of sp³-hybridized carbons (Fsp3) is 0.438. The Hall–Kier alpha value is -1.99. The number of hydrogen-bond donors (Lipinski definition) is 3. The lowest BCUT2D eigenvalue weighted by Crippen LogP contribution is -2.36. The van der Waals surface area contributed by atoms with Crippen LogP contribution in [0.25, 0.3) is 0 Å². The standard InChI is InChI=1S/C16H21N3O/c1-12-11-15(9-8-13(12)5-4-10-17)19-16(20)18-14-6-2-3-7-14/h8-9,11,14H,2-3,6-7,10,17H2,1H3,(H2,18,19,20). The smallest absolute Gasteiger partial charge is 0.319 e. The summed E-state index contributed by atoms with van der Waals surface area (Å²) in [5.41, 5.74) is 8.12. The normalized spacial score (nSPS) is 14.5. The van der Waals surface area contributed by atoms with E-state index in [9.17, 15) is 4.79 Å². The SMILES string of the molecule is Cc1cc(NC(=O)NC2CCCC2)ccc1C#CCN. The third kappa shape index (κ3) is 4.01. The zero-order valence-electron chi connectivity index (χ0n) is 11.8. The van der Waals surface area contributed by atoms with Gasteiger partial charge in [-0.3, -0.25) is 0 Å². The Morgan fingerprint density at radius 3 is 2.80 bits per heavy atom. The van der Waals surface area contributed by atoms with Gasteiger partial charge in [0.2, 0.25) is 0 Å². The van der Waals surface area contributed by atoms with E-state index in [-0.39, 0.29) is 6.03 Å². The van der Waals surface area contributed by atoms with E-state index in [1.54, 1.807) is 0 Å². The number of amides is 2. The van der Waals surface area contributed by atoms with Crippen molar-refractivity contribution in [3.63, 3.8) is 0 Å². The molecule has 0 saturated heterocycles. The van der Waals surface area contributed by atoms with Crippen LogP contribution in [-0.2, 0) is 0 Å². The number of carbonyl (C=O) groups excluding carboxylic acids is 1. The Bertz CT molecular complexity index is 536. The molecular weight excluding hydrogens is 250 g/mol. The first-order chi connectivity index (χ1) is 9.69. The maximum atomic E-state index is 11.9. The Balaban J connectivity index is 1.95. The van der Waals surface area contributed by atoms with E-state index in [0.717, 1.165) is 29.7 Å². The molecular formula is C16H21N3O. The predicted octanol–water partition coefficient (Wildman–Crippen LogP) is 2.37. The molecule has 0 heterocycles. The molecule has 1 fully saturated rings. The van der Waals surface area contributed by atoms with Crippen molar-refractivity contribution in [2.24, 2.45) is 5.73 Å².